The van der Waals surface area contributed by atoms with Crippen molar-refractivity contribution in [2.45, 2.75) is 19.4 Å². The fraction of sp³-hybridized carbons (Fsp3) is 0.238. The number of rotatable bonds is 7. The van der Waals surface area contributed by atoms with Crippen molar-refractivity contribution in [3.05, 3.63) is 60.7 Å². The molecule has 1 atom stereocenters. The lowest BCUT2D eigenvalue weighted by Gasteiger charge is -2.24. The minimum absolute atomic E-state index is 0.0327. The predicted molar refractivity (Wildman–Crippen MR) is 108 cm³/mol. The number of amides is 5. The molecule has 1 aliphatic heterocycles. The van der Waals surface area contributed by atoms with Gasteiger partial charge < -0.3 is 10.6 Å². The molecule has 0 spiro atoms. The van der Waals surface area contributed by atoms with Gasteiger partial charge in [-0.2, -0.15) is 0 Å². The van der Waals surface area contributed by atoms with Crippen LogP contribution in [0.15, 0.2) is 60.7 Å². The van der Waals surface area contributed by atoms with Crippen LogP contribution in [0, 0.1) is 0 Å². The number of carbonyl (C=O) groups excluding carboxylic acids is 4. The van der Waals surface area contributed by atoms with Gasteiger partial charge >= 0.3 is 6.03 Å². The fourth-order valence-electron chi connectivity index (χ4n) is 3.24. The van der Waals surface area contributed by atoms with Gasteiger partial charge in [0, 0.05) is 24.3 Å². The van der Waals surface area contributed by atoms with Crippen molar-refractivity contribution in [2.24, 2.45) is 5.73 Å². The van der Waals surface area contributed by atoms with Crippen molar-refractivity contribution >= 4 is 35.1 Å². The maximum absolute atomic E-state index is 13.0. The highest BCUT2D eigenvalue weighted by Gasteiger charge is 2.44. The molecule has 3 rings (SSSR count). The van der Waals surface area contributed by atoms with Gasteiger partial charge in [-0.05, 0) is 31.2 Å². The number of urea groups is 1. The highest BCUT2D eigenvalue weighted by Crippen LogP contribution is 2.26. The quantitative estimate of drug-likeness (QED) is 0.723. The first-order chi connectivity index (χ1) is 13.9. The molecule has 0 aliphatic carbocycles. The molecule has 8 heteroatoms. The minimum Gasteiger partial charge on any atom is -0.370 e. The number of nitrogens with zero attached hydrogens (tertiary/aromatic N) is 3. The minimum atomic E-state index is -0.714. The van der Waals surface area contributed by atoms with E-state index < -0.39 is 36.3 Å². The first-order valence-corrected chi connectivity index (χ1v) is 9.23. The van der Waals surface area contributed by atoms with Crippen LogP contribution < -0.4 is 15.5 Å². The second-order valence-corrected chi connectivity index (χ2v) is 6.69. The summed E-state index contributed by atoms with van der Waals surface area (Å²) < 4.78 is 0. The SMILES string of the molecule is CC1C(=O)N(CC(=O)N(CCC(N)=O)c2ccccc2)C(=O)N1c1ccccc1. The first-order valence-electron chi connectivity index (χ1n) is 9.23. The molecule has 0 radical (unpaired) electrons. The summed E-state index contributed by atoms with van der Waals surface area (Å²) >= 11 is 0. The third kappa shape index (κ3) is 4.26. The van der Waals surface area contributed by atoms with E-state index in [0.717, 1.165) is 4.90 Å². The third-order valence-electron chi connectivity index (χ3n) is 4.73. The maximum atomic E-state index is 13.0. The lowest BCUT2D eigenvalue weighted by molar-refractivity contribution is -0.131. The van der Waals surface area contributed by atoms with Gasteiger partial charge in [0.25, 0.3) is 5.91 Å². The molecule has 0 bridgehead atoms. The van der Waals surface area contributed by atoms with Gasteiger partial charge in [-0.25, -0.2) is 4.79 Å². The number of carbonyl (C=O) groups is 4. The monoisotopic (exact) mass is 394 g/mol. The standard InChI is InChI=1S/C21H22N4O4/c1-15-20(28)24(21(29)25(15)17-10-6-3-7-11-17)14-19(27)23(13-12-18(22)26)16-8-4-2-5-9-16/h2-11,15H,12-14H2,1H3,(H2,22,26). The van der Waals surface area contributed by atoms with Crippen molar-refractivity contribution < 1.29 is 19.2 Å². The highest BCUT2D eigenvalue weighted by atomic mass is 16.2. The van der Waals surface area contributed by atoms with Gasteiger partial charge in [0.2, 0.25) is 11.8 Å². The lowest BCUT2D eigenvalue weighted by Crippen LogP contribution is -2.44. The normalized spacial score (nSPS) is 16.2. The van der Waals surface area contributed by atoms with Crippen molar-refractivity contribution in [3.8, 4) is 0 Å². The van der Waals surface area contributed by atoms with E-state index in [0.29, 0.717) is 11.4 Å². The molecular formula is C21H22N4O4. The van der Waals surface area contributed by atoms with Crippen LogP contribution >= 0.6 is 0 Å². The predicted octanol–water partition coefficient (Wildman–Crippen LogP) is 1.75. The van der Waals surface area contributed by atoms with E-state index in [9.17, 15) is 19.2 Å². The Bertz CT molecular complexity index is 917. The molecule has 2 N–H and O–H groups in total. The Hall–Kier alpha value is -3.68. The summed E-state index contributed by atoms with van der Waals surface area (Å²) in [7, 11) is 0. The van der Waals surface area contributed by atoms with E-state index >= 15 is 0 Å². The Kier molecular flexibility index (Phi) is 5.92. The van der Waals surface area contributed by atoms with E-state index in [1.165, 1.54) is 9.80 Å². The molecule has 150 valence electrons. The van der Waals surface area contributed by atoms with E-state index in [-0.39, 0.29) is 13.0 Å². The van der Waals surface area contributed by atoms with Crippen LogP contribution in [0.3, 0.4) is 0 Å². The number of imide groups is 1. The lowest BCUT2D eigenvalue weighted by atomic mass is 10.2. The van der Waals surface area contributed by atoms with E-state index in [4.69, 9.17) is 5.73 Å². The van der Waals surface area contributed by atoms with Gasteiger partial charge in [-0.3, -0.25) is 24.2 Å². The van der Waals surface area contributed by atoms with Crippen LogP contribution in [-0.4, -0.2) is 47.8 Å². The molecule has 2 aromatic rings. The van der Waals surface area contributed by atoms with Crippen molar-refractivity contribution in [3.63, 3.8) is 0 Å². The number of primary amides is 1. The van der Waals surface area contributed by atoms with Crippen LogP contribution in [0.2, 0.25) is 0 Å². The van der Waals surface area contributed by atoms with Gasteiger partial charge in [-0.15, -0.1) is 0 Å². The Morgan fingerprint density at radius 1 is 1.00 bits per heavy atom. The molecule has 5 amide bonds. The molecular weight excluding hydrogens is 372 g/mol. The van der Waals surface area contributed by atoms with Crippen molar-refractivity contribution in [1.82, 2.24) is 4.90 Å². The number of anilines is 2. The highest BCUT2D eigenvalue weighted by molar-refractivity contribution is 6.16. The zero-order chi connectivity index (χ0) is 21.0. The molecule has 1 fully saturated rings. The number of para-hydroxylation sites is 2. The van der Waals surface area contributed by atoms with Gasteiger partial charge in [-0.1, -0.05) is 36.4 Å². The smallest absolute Gasteiger partial charge is 0.332 e. The van der Waals surface area contributed by atoms with E-state index in [2.05, 4.69) is 0 Å². The summed E-state index contributed by atoms with van der Waals surface area (Å²) in [4.78, 5) is 53.4. The van der Waals surface area contributed by atoms with Gasteiger partial charge in [0.15, 0.2) is 0 Å². The second-order valence-electron chi connectivity index (χ2n) is 6.69. The van der Waals surface area contributed by atoms with Crippen LogP contribution in [-0.2, 0) is 14.4 Å². The molecule has 8 nitrogen and oxygen atoms in total. The average molecular weight is 394 g/mol. The van der Waals surface area contributed by atoms with E-state index in [1.54, 1.807) is 61.5 Å². The first kappa shape index (κ1) is 20.1. The summed E-state index contributed by atoms with van der Waals surface area (Å²) in [5.74, 6) is -1.47. The Labute approximate surface area is 168 Å². The summed E-state index contributed by atoms with van der Waals surface area (Å²) in [6.07, 6.45) is -0.0327. The Morgan fingerprint density at radius 2 is 1.59 bits per heavy atom. The summed E-state index contributed by atoms with van der Waals surface area (Å²) in [6, 6.07) is 16.3. The number of hydrogen-bond acceptors (Lipinski definition) is 4. The molecule has 1 heterocycles. The number of benzene rings is 2. The molecule has 0 saturated carbocycles. The second kappa shape index (κ2) is 8.55. The van der Waals surface area contributed by atoms with Crippen LogP contribution in [0.25, 0.3) is 0 Å². The molecule has 1 saturated heterocycles. The van der Waals surface area contributed by atoms with Crippen LogP contribution in [0.1, 0.15) is 13.3 Å². The maximum Gasteiger partial charge on any atom is 0.332 e. The number of nitrogens with two attached hydrogens (primary N) is 1. The molecule has 1 unspecified atom stereocenters. The Morgan fingerprint density at radius 3 is 2.17 bits per heavy atom. The largest absolute Gasteiger partial charge is 0.370 e. The number of hydrogen-bond donors (Lipinski definition) is 1. The van der Waals surface area contributed by atoms with Crippen LogP contribution in [0.4, 0.5) is 16.2 Å². The molecule has 1 aliphatic rings. The van der Waals surface area contributed by atoms with Crippen molar-refractivity contribution in [2.75, 3.05) is 22.9 Å². The topological polar surface area (TPSA) is 104 Å². The van der Waals surface area contributed by atoms with Crippen LogP contribution in [0.5, 0.6) is 0 Å². The van der Waals surface area contributed by atoms with E-state index in [1.807, 2.05) is 6.07 Å². The fourth-order valence-corrected chi connectivity index (χ4v) is 3.24. The summed E-state index contributed by atoms with van der Waals surface area (Å²) in [5, 5.41) is 0. The zero-order valence-corrected chi connectivity index (χ0v) is 16.0. The Balaban J connectivity index is 1.81. The summed E-state index contributed by atoms with van der Waals surface area (Å²) in [6.45, 7) is 1.27. The average Bonchev–Trinajstić information content (AvgIpc) is 2.92. The van der Waals surface area contributed by atoms with Gasteiger partial charge in [0.05, 0.1) is 0 Å². The molecule has 0 aromatic heterocycles. The summed E-state index contributed by atoms with van der Waals surface area (Å²) in [5.41, 5.74) is 6.37. The third-order valence-corrected chi connectivity index (χ3v) is 4.73. The van der Waals surface area contributed by atoms with Gasteiger partial charge in [0.1, 0.15) is 12.6 Å². The van der Waals surface area contributed by atoms with Crippen molar-refractivity contribution in [1.29, 1.82) is 0 Å². The zero-order valence-electron chi connectivity index (χ0n) is 16.0. The molecule has 2 aromatic carbocycles. The molecule has 29 heavy (non-hydrogen) atoms.